The maximum atomic E-state index is 11.6. The molecule has 110 valence electrons. The van der Waals surface area contributed by atoms with E-state index in [2.05, 4.69) is 4.90 Å². The highest BCUT2D eigenvalue weighted by Crippen LogP contribution is 2.40. The van der Waals surface area contributed by atoms with Gasteiger partial charge in [-0.1, -0.05) is 13.8 Å². The molecular formula is C13H23NO4S. The molecular weight excluding hydrogens is 266 g/mol. The van der Waals surface area contributed by atoms with Crippen molar-refractivity contribution >= 4 is 15.8 Å². The van der Waals surface area contributed by atoms with Crippen LogP contribution in [0.5, 0.6) is 0 Å². The summed E-state index contributed by atoms with van der Waals surface area (Å²) in [6.07, 6.45) is 1.97. The lowest BCUT2D eigenvalue weighted by atomic mass is 9.76. The molecule has 2 aliphatic heterocycles. The van der Waals surface area contributed by atoms with Crippen LogP contribution in [0.1, 0.15) is 33.1 Å². The summed E-state index contributed by atoms with van der Waals surface area (Å²) in [5.41, 5.74) is -0.656. The van der Waals surface area contributed by atoms with Gasteiger partial charge in [0.25, 0.3) is 0 Å². The Hall–Kier alpha value is -0.620. The second kappa shape index (κ2) is 5.05. The molecule has 0 spiro atoms. The van der Waals surface area contributed by atoms with E-state index < -0.39 is 21.2 Å². The van der Waals surface area contributed by atoms with Gasteiger partial charge in [0.1, 0.15) is 9.84 Å². The van der Waals surface area contributed by atoms with Crippen LogP contribution in [0.2, 0.25) is 0 Å². The van der Waals surface area contributed by atoms with E-state index in [0.717, 1.165) is 6.54 Å². The summed E-state index contributed by atoms with van der Waals surface area (Å²) in [6.45, 7) is 5.26. The first-order valence-corrected chi connectivity index (χ1v) is 8.77. The van der Waals surface area contributed by atoms with Crippen LogP contribution in [-0.2, 0) is 14.6 Å². The first kappa shape index (κ1) is 14.8. The van der Waals surface area contributed by atoms with Crippen molar-refractivity contribution in [1.82, 2.24) is 4.90 Å². The van der Waals surface area contributed by atoms with Crippen molar-refractivity contribution in [3.8, 4) is 0 Å². The van der Waals surface area contributed by atoms with Gasteiger partial charge in [0.2, 0.25) is 0 Å². The number of sulfone groups is 1. The molecule has 1 N–H and O–H groups in total. The zero-order valence-electron chi connectivity index (χ0n) is 11.6. The minimum Gasteiger partial charge on any atom is -0.481 e. The van der Waals surface area contributed by atoms with Gasteiger partial charge in [0.15, 0.2) is 0 Å². The Morgan fingerprint density at radius 2 is 1.89 bits per heavy atom. The highest BCUT2D eigenvalue weighted by atomic mass is 32.2. The number of hydrogen-bond donors (Lipinski definition) is 1. The molecule has 0 aromatic carbocycles. The largest absolute Gasteiger partial charge is 0.481 e. The summed E-state index contributed by atoms with van der Waals surface area (Å²) < 4.78 is 22.9. The third kappa shape index (κ3) is 2.79. The van der Waals surface area contributed by atoms with Gasteiger partial charge in [-0.05, 0) is 31.7 Å². The molecule has 2 aliphatic rings. The average molecular weight is 289 g/mol. The summed E-state index contributed by atoms with van der Waals surface area (Å²) in [4.78, 5) is 13.8. The predicted molar refractivity (Wildman–Crippen MR) is 72.8 cm³/mol. The molecule has 1 atom stereocenters. The Morgan fingerprint density at radius 1 is 1.32 bits per heavy atom. The van der Waals surface area contributed by atoms with E-state index in [1.54, 1.807) is 0 Å². The van der Waals surface area contributed by atoms with Crippen molar-refractivity contribution in [3.05, 3.63) is 0 Å². The van der Waals surface area contributed by atoms with Crippen LogP contribution >= 0.6 is 0 Å². The first-order valence-electron chi connectivity index (χ1n) is 6.95. The van der Waals surface area contributed by atoms with E-state index in [9.17, 15) is 18.3 Å². The fourth-order valence-electron chi connectivity index (χ4n) is 3.31. The fraction of sp³-hybridized carbons (Fsp3) is 0.923. The van der Waals surface area contributed by atoms with E-state index >= 15 is 0 Å². The van der Waals surface area contributed by atoms with Gasteiger partial charge in [0, 0.05) is 12.6 Å². The number of rotatable bonds is 3. The number of carbonyl (C=O) groups is 1. The molecule has 0 amide bonds. The van der Waals surface area contributed by atoms with Crippen molar-refractivity contribution in [2.24, 2.45) is 11.3 Å². The van der Waals surface area contributed by atoms with Crippen LogP contribution in [0.4, 0.5) is 0 Å². The van der Waals surface area contributed by atoms with E-state index in [1.807, 2.05) is 13.8 Å². The molecule has 19 heavy (non-hydrogen) atoms. The number of hydrogen-bond acceptors (Lipinski definition) is 4. The van der Waals surface area contributed by atoms with Gasteiger partial charge < -0.3 is 5.11 Å². The first-order chi connectivity index (χ1) is 8.77. The van der Waals surface area contributed by atoms with E-state index in [4.69, 9.17) is 0 Å². The number of aliphatic carboxylic acids is 1. The number of nitrogens with zero attached hydrogens (tertiary/aromatic N) is 1. The van der Waals surface area contributed by atoms with Crippen molar-refractivity contribution in [2.45, 2.75) is 39.2 Å². The molecule has 6 heteroatoms. The van der Waals surface area contributed by atoms with Gasteiger partial charge in [-0.15, -0.1) is 0 Å². The van der Waals surface area contributed by atoms with Crippen LogP contribution in [0, 0.1) is 11.3 Å². The Kier molecular flexibility index (Phi) is 3.93. The monoisotopic (exact) mass is 289 g/mol. The minimum absolute atomic E-state index is 0.0994. The van der Waals surface area contributed by atoms with Crippen molar-refractivity contribution in [3.63, 3.8) is 0 Å². The summed E-state index contributed by atoms with van der Waals surface area (Å²) >= 11 is 0. The third-order valence-corrected chi connectivity index (χ3v) is 6.62. The van der Waals surface area contributed by atoms with Crippen molar-refractivity contribution < 1.29 is 18.3 Å². The van der Waals surface area contributed by atoms with Crippen molar-refractivity contribution in [1.29, 1.82) is 0 Å². The predicted octanol–water partition coefficient (Wildman–Crippen LogP) is 0.996. The van der Waals surface area contributed by atoms with Gasteiger partial charge in [-0.25, -0.2) is 8.42 Å². The average Bonchev–Trinajstić information content (AvgIpc) is 2.75. The molecule has 0 bridgehead atoms. The molecule has 2 heterocycles. The summed E-state index contributed by atoms with van der Waals surface area (Å²) in [5.74, 6) is -0.123. The molecule has 5 nitrogen and oxygen atoms in total. The van der Waals surface area contributed by atoms with Crippen LogP contribution in [0.3, 0.4) is 0 Å². The maximum Gasteiger partial charge on any atom is 0.311 e. The summed E-state index contributed by atoms with van der Waals surface area (Å²) in [7, 11) is -2.85. The highest BCUT2D eigenvalue weighted by molar-refractivity contribution is 7.91. The Morgan fingerprint density at radius 3 is 2.32 bits per heavy atom. The quantitative estimate of drug-likeness (QED) is 0.839. The maximum absolute atomic E-state index is 11.6. The minimum atomic E-state index is -2.85. The smallest absolute Gasteiger partial charge is 0.311 e. The zero-order valence-corrected chi connectivity index (χ0v) is 12.4. The third-order valence-electron chi connectivity index (χ3n) is 4.90. The molecule has 0 radical (unpaired) electrons. The second-order valence-corrected chi connectivity index (χ2v) is 8.52. The van der Waals surface area contributed by atoms with Gasteiger partial charge in [-0.2, -0.15) is 0 Å². The molecule has 0 aliphatic carbocycles. The molecule has 2 saturated heterocycles. The van der Waals surface area contributed by atoms with Gasteiger partial charge in [0.05, 0.1) is 16.9 Å². The zero-order chi connectivity index (χ0) is 14.3. The molecule has 0 saturated carbocycles. The highest BCUT2D eigenvalue weighted by Gasteiger charge is 2.48. The lowest BCUT2D eigenvalue weighted by Gasteiger charge is -2.33. The second-order valence-electron chi connectivity index (χ2n) is 6.22. The topological polar surface area (TPSA) is 74.7 Å². The molecule has 2 rings (SSSR count). The van der Waals surface area contributed by atoms with Crippen LogP contribution < -0.4 is 0 Å². The molecule has 2 fully saturated rings. The normalized spacial score (nSPS) is 32.8. The molecule has 0 aromatic heterocycles. The standard InChI is InChI=1S/C13H23NO4S/c1-10(2)13(12(15)16)5-6-14(9-13)11-3-7-19(17,18)8-4-11/h10-11H,3-9H2,1-2H3,(H,15,16). The number of likely N-dealkylation sites (tertiary alicyclic amines) is 1. The SMILES string of the molecule is CC(C)C1(C(=O)O)CCN(C2CCS(=O)(=O)CC2)C1. The van der Waals surface area contributed by atoms with E-state index in [-0.39, 0.29) is 23.5 Å². The number of carboxylic acid groups (broad SMARTS) is 1. The van der Waals surface area contributed by atoms with Gasteiger partial charge in [-0.3, -0.25) is 9.69 Å². The van der Waals surface area contributed by atoms with E-state index in [1.165, 1.54) is 0 Å². The molecule has 1 unspecified atom stereocenters. The fourth-order valence-corrected chi connectivity index (χ4v) is 4.78. The van der Waals surface area contributed by atoms with E-state index in [0.29, 0.717) is 25.8 Å². The lowest BCUT2D eigenvalue weighted by molar-refractivity contribution is -0.151. The van der Waals surface area contributed by atoms with Crippen molar-refractivity contribution in [2.75, 3.05) is 24.6 Å². The van der Waals surface area contributed by atoms with Crippen LogP contribution in [0.15, 0.2) is 0 Å². The van der Waals surface area contributed by atoms with Gasteiger partial charge >= 0.3 is 5.97 Å². The Bertz CT molecular complexity index is 445. The number of carboxylic acids is 1. The Balaban J connectivity index is 2.04. The van der Waals surface area contributed by atoms with Crippen LogP contribution in [-0.4, -0.2) is 55.0 Å². The summed E-state index contributed by atoms with van der Waals surface area (Å²) in [6, 6.07) is 0.239. The molecule has 0 aromatic rings. The lowest BCUT2D eigenvalue weighted by Crippen LogP contribution is -2.44. The summed E-state index contributed by atoms with van der Waals surface area (Å²) in [5, 5.41) is 9.51. The van der Waals surface area contributed by atoms with Crippen LogP contribution in [0.25, 0.3) is 0 Å². The Labute approximate surface area is 114 Å².